The van der Waals surface area contributed by atoms with Gasteiger partial charge in [-0.05, 0) is 24.3 Å². The molecular weight excluding hydrogens is 225 g/mol. The van der Waals surface area contributed by atoms with E-state index in [0.717, 1.165) is 0 Å². The third-order valence-electron chi connectivity index (χ3n) is 2.12. The van der Waals surface area contributed by atoms with Gasteiger partial charge >= 0.3 is 0 Å². The Morgan fingerprint density at radius 3 is 2.59 bits per heavy atom. The molecule has 6 heteroatoms. The third-order valence-corrected chi connectivity index (χ3v) is 2.12. The van der Waals surface area contributed by atoms with Crippen LogP contribution in [0.15, 0.2) is 42.7 Å². The molecule has 0 atom stereocenters. The zero-order valence-corrected chi connectivity index (χ0v) is 8.63. The molecule has 1 aromatic heterocycles. The number of rotatable bonds is 3. The first-order valence-electron chi connectivity index (χ1n) is 4.78. The standard InChI is InChI=1S/C11H8FN3O2/c12-8-1-3-9(4-2-8)14-10-7-13-6-5-11(10)15(16)17/h1-7,14H. The van der Waals surface area contributed by atoms with E-state index in [9.17, 15) is 14.5 Å². The molecule has 1 N–H and O–H groups in total. The van der Waals surface area contributed by atoms with Crippen molar-refractivity contribution in [2.75, 3.05) is 5.32 Å². The fraction of sp³-hybridized carbons (Fsp3) is 0. The molecule has 0 fully saturated rings. The van der Waals surface area contributed by atoms with E-state index < -0.39 is 4.92 Å². The Hall–Kier alpha value is -2.50. The number of halogens is 1. The van der Waals surface area contributed by atoms with Crippen LogP contribution < -0.4 is 5.32 Å². The Morgan fingerprint density at radius 1 is 1.24 bits per heavy atom. The highest BCUT2D eigenvalue weighted by molar-refractivity contribution is 5.68. The van der Waals surface area contributed by atoms with Crippen LogP contribution >= 0.6 is 0 Å². The molecule has 0 spiro atoms. The predicted molar refractivity (Wildman–Crippen MR) is 60.6 cm³/mol. The molecule has 0 aliphatic heterocycles. The third kappa shape index (κ3) is 2.54. The van der Waals surface area contributed by atoms with Crippen molar-refractivity contribution >= 4 is 17.1 Å². The highest BCUT2D eigenvalue weighted by Gasteiger charge is 2.12. The molecule has 0 saturated heterocycles. The van der Waals surface area contributed by atoms with Crippen molar-refractivity contribution in [2.24, 2.45) is 0 Å². The number of anilines is 2. The maximum atomic E-state index is 12.7. The van der Waals surface area contributed by atoms with Gasteiger partial charge in [-0.25, -0.2) is 4.39 Å². The number of hydrogen-bond donors (Lipinski definition) is 1. The lowest BCUT2D eigenvalue weighted by Crippen LogP contribution is -1.97. The van der Waals surface area contributed by atoms with E-state index in [1.54, 1.807) is 0 Å². The largest absolute Gasteiger partial charge is 0.349 e. The summed E-state index contributed by atoms with van der Waals surface area (Å²) in [6, 6.07) is 6.82. The molecule has 0 unspecified atom stereocenters. The second-order valence-electron chi connectivity index (χ2n) is 3.28. The van der Waals surface area contributed by atoms with Crippen LogP contribution in [0, 0.1) is 15.9 Å². The first kappa shape index (κ1) is 11.0. The van der Waals surface area contributed by atoms with Crippen molar-refractivity contribution in [1.82, 2.24) is 4.98 Å². The Kier molecular flexibility index (Phi) is 2.95. The van der Waals surface area contributed by atoms with Crippen molar-refractivity contribution in [2.45, 2.75) is 0 Å². The Morgan fingerprint density at radius 2 is 1.94 bits per heavy atom. The Balaban J connectivity index is 2.30. The van der Waals surface area contributed by atoms with E-state index >= 15 is 0 Å². The van der Waals surface area contributed by atoms with Crippen LogP contribution in [0.3, 0.4) is 0 Å². The van der Waals surface area contributed by atoms with Crippen LogP contribution in [0.4, 0.5) is 21.5 Å². The lowest BCUT2D eigenvalue weighted by molar-refractivity contribution is -0.384. The van der Waals surface area contributed by atoms with Crippen molar-refractivity contribution in [1.29, 1.82) is 0 Å². The molecule has 0 saturated carbocycles. The molecule has 0 radical (unpaired) electrons. The van der Waals surface area contributed by atoms with E-state index in [-0.39, 0.29) is 17.2 Å². The smallest absolute Gasteiger partial charge is 0.295 e. The zero-order chi connectivity index (χ0) is 12.3. The van der Waals surface area contributed by atoms with Crippen LogP contribution in [0.1, 0.15) is 0 Å². The number of benzene rings is 1. The molecule has 5 nitrogen and oxygen atoms in total. The molecule has 0 amide bonds. The van der Waals surface area contributed by atoms with E-state index in [1.807, 2.05) is 0 Å². The molecule has 0 aliphatic rings. The topological polar surface area (TPSA) is 68.1 Å². The first-order valence-corrected chi connectivity index (χ1v) is 4.78. The maximum Gasteiger partial charge on any atom is 0.295 e. The molecule has 2 aromatic rings. The quantitative estimate of drug-likeness (QED) is 0.653. The molecule has 17 heavy (non-hydrogen) atoms. The van der Waals surface area contributed by atoms with Gasteiger partial charge in [0.05, 0.1) is 11.1 Å². The minimum atomic E-state index is -0.506. The Bertz CT molecular complexity index is 543. The van der Waals surface area contributed by atoms with Gasteiger partial charge in [-0.1, -0.05) is 0 Å². The molecular formula is C11H8FN3O2. The van der Waals surface area contributed by atoms with Gasteiger partial charge in [0.1, 0.15) is 11.5 Å². The van der Waals surface area contributed by atoms with Crippen molar-refractivity contribution in [3.63, 3.8) is 0 Å². The second kappa shape index (κ2) is 4.56. The van der Waals surface area contributed by atoms with E-state index in [0.29, 0.717) is 5.69 Å². The molecule has 0 aliphatic carbocycles. The normalized spacial score (nSPS) is 9.94. The number of nitrogens with zero attached hydrogens (tertiary/aromatic N) is 2. The average molecular weight is 233 g/mol. The molecule has 86 valence electrons. The highest BCUT2D eigenvalue weighted by Crippen LogP contribution is 2.25. The van der Waals surface area contributed by atoms with Crippen molar-refractivity contribution in [3.05, 3.63) is 58.7 Å². The van der Waals surface area contributed by atoms with Gasteiger partial charge in [0.25, 0.3) is 5.69 Å². The average Bonchev–Trinajstić information content (AvgIpc) is 2.32. The van der Waals surface area contributed by atoms with Crippen molar-refractivity contribution < 1.29 is 9.31 Å². The number of nitrogens with one attached hydrogen (secondary N) is 1. The van der Waals surface area contributed by atoms with Crippen molar-refractivity contribution in [3.8, 4) is 0 Å². The molecule has 2 rings (SSSR count). The Labute approximate surface area is 96.1 Å². The number of nitro groups is 1. The molecule has 1 heterocycles. The van der Waals surface area contributed by atoms with E-state index in [4.69, 9.17) is 0 Å². The summed E-state index contributed by atoms with van der Waals surface area (Å²) in [4.78, 5) is 14.0. The summed E-state index contributed by atoms with van der Waals surface area (Å²) in [6.45, 7) is 0. The van der Waals surface area contributed by atoms with Gasteiger partial charge in [-0.3, -0.25) is 15.1 Å². The monoisotopic (exact) mass is 233 g/mol. The summed E-state index contributed by atoms with van der Waals surface area (Å²) in [6.07, 6.45) is 2.69. The summed E-state index contributed by atoms with van der Waals surface area (Å²) in [5, 5.41) is 13.6. The second-order valence-corrected chi connectivity index (χ2v) is 3.28. The minimum Gasteiger partial charge on any atom is -0.349 e. The summed E-state index contributed by atoms with van der Waals surface area (Å²) in [7, 11) is 0. The van der Waals surface area contributed by atoms with Crippen LogP contribution in [-0.2, 0) is 0 Å². The van der Waals surface area contributed by atoms with Gasteiger partial charge in [0.2, 0.25) is 0 Å². The fourth-order valence-electron chi connectivity index (χ4n) is 1.33. The van der Waals surface area contributed by atoms with Gasteiger partial charge in [-0.15, -0.1) is 0 Å². The highest BCUT2D eigenvalue weighted by atomic mass is 19.1. The van der Waals surface area contributed by atoms with E-state index in [2.05, 4.69) is 10.3 Å². The summed E-state index contributed by atoms with van der Waals surface area (Å²) in [5.74, 6) is -0.365. The maximum absolute atomic E-state index is 12.7. The molecule has 0 bridgehead atoms. The minimum absolute atomic E-state index is 0.0793. The van der Waals surface area contributed by atoms with E-state index in [1.165, 1.54) is 42.7 Å². The molecule has 1 aromatic carbocycles. The van der Waals surface area contributed by atoms with Crippen LogP contribution in [0.5, 0.6) is 0 Å². The van der Waals surface area contributed by atoms with Gasteiger partial charge in [0, 0.05) is 18.0 Å². The van der Waals surface area contributed by atoms with Crippen LogP contribution in [0.2, 0.25) is 0 Å². The van der Waals surface area contributed by atoms with Gasteiger partial charge in [-0.2, -0.15) is 0 Å². The first-order chi connectivity index (χ1) is 8.16. The SMILES string of the molecule is O=[N+]([O-])c1ccncc1Nc1ccc(F)cc1. The van der Waals surface area contributed by atoms with Gasteiger partial charge < -0.3 is 5.32 Å². The van der Waals surface area contributed by atoms with Crippen LogP contribution in [0.25, 0.3) is 0 Å². The van der Waals surface area contributed by atoms with Gasteiger partial charge in [0.15, 0.2) is 0 Å². The number of pyridine rings is 1. The predicted octanol–water partition coefficient (Wildman–Crippen LogP) is 2.87. The lowest BCUT2D eigenvalue weighted by atomic mass is 10.3. The number of aromatic nitrogens is 1. The lowest BCUT2D eigenvalue weighted by Gasteiger charge is -2.05. The number of hydrogen-bond acceptors (Lipinski definition) is 4. The fourth-order valence-corrected chi connectivity index (χ4v) is 1.33. The van der Waals surface area contributed by atoms with Crippen LogP contribution in [-0.4, -0.2) is 9.91 Å². The summed E-state index contributed by atoms with van der Waals surface area (Å²) >= 11 is 0. The summed E-state index contributed by atoms with van der Waals surface area (Å²) in [5.41, 5.74) is 0.746. The zero-order valence-electron chi connectivity index (χ0n) is 8.63. The summed E-state index contributed by atoms with van der Waals surface area (Å²) < 4.78 is 12.7.